The van der Waals surface area contributed by atoms with Crippen LogP contribution in [0.25, 0.3) is 0 Å². The van der Waals surface area contributed by atoms with Crippen LogP contribution in [0.15, 0.2) is 18.2 Å². The van der Waals surface area contributed by atoms with Crippen molar-refractivity contribution in [2.45, 2.75) is 32.9 Å². The molecule has 0 saturated heterocycles. The van der Waals surface area contributed by atoms with Gasteiger partial charge in [-0.15, -0.1) is 0 Å². The van der Waals surface area contributed by atoms with E-state index in [0.29, 0.717) is 5.56 Å². The lowest BCUT2D eigenvalue weighted by Crippen LogP contribution is -2.32. The summed E-state index contributed by atoms with van der Waals surface area (Å²) in [6.07, 6.45) is -0.588. The van der Waals surface area contributed by atoms with Crippen molar-refractivity contribution in [1.29, 1.82) is 0 Å². The molecule has 7 heteroatoms. The van der Waals surface area contributed by atoms with Gasteiger partial charge in [0, 0.05) is 23.7 Å². The van der Waals surface area contributed by atoms with Gasteiger partial charge in [0.2, 0.25) is 0 Å². The van der Waals surface area contributed by atoms with Gasteiger partial charge in [0.25, 0.3) is 5.69 Å². The molecule has 0 bridgehead atoms. The molecule has 19 heavy (non-hydrogen) atoms. The number of benzene rings is 1. The Bertz CT molecular complexity index is 497. The maximum Gasteiger partial charge on any atom is 0.407 e. The Balaban J connectivity index is 2.68. The number of nitro groups is 1. The zero-order chi connectivity index (χ0) is 14.6. The quantitative estimate of drug-likeness (QED) is 0.683. The molecular formula is C12H15ClN2O4. The first-order chi connectivity index (χ1) is 8.67. The fraction of sp³-hybridized carbons (Fsp3) is 0.417. The van der Waals surface area contributed by atoms with Crippen LogP contribution in [0.4, 0.5) is 10.5 Å². The second-order valence-electron chi connectivity index (χ2n) is 4.93. The summed E-state index contributed by atoms with van der Waals surface area (Å²) in [7, 11) is 0. The summed E-state index contributed by atoms with van der Waals surface area (Å²) in [5.74, 6) is 0. The summed E-state index contributed by atoms with van der Waals surface area (Å²) in [5, 5.41) is 13.4. The smallest absolute Gasteiger partial charge is 0.407 e. The third-order valence-corrected chi connectivity index (χ3v) is 2.21. The largest absolute Gasteiger partial charge is 0.444 e. The molecule has 1 aromatic carbocycles. The molecule has 0 aliphatic heterocycles. The number of ether oxygens (including phenoxy) is 1. The summed E-state index contributed by atoms with van der Waals surface area (Å²) in [6.45, 7) is 5.35. The number of carbonyl (C=O) groups is 1. The van der Waals surface area contributed by atoms with Gasteiger partial charge in [-0.2, -0.15) is 0 Å². The van der Waals surface area contributed by atoms with Crippen molar-refractivity contribution in [2.75, 3.05) is 0 Å². The molecule has 0 unspecified atom stereocenters. The number of carbonyl (C=O) groups excluding carboxylic acids is 1. The molecule has 0 aliphatic rings. The topological polar surface area (TPSA) is 81.5 Å². The van der Waals surface area contributed by atoms with Crippen LogP contribution < -0.4 is 5.32 Å². The van der Waals surface area contributed by atoms with Crippen molar-refractivity contribution in [3.05, 3.63) is 38.9 Å². The molecule has 0 radical (unpaired) electrons. The van der Waals surface area contributed by atoms with Crippen LogP contribution in [0.1, 0.15) is 26.3 Å². The lowest BCUT2D eigenvalue weighted by Gasteiger charge is -2.19. The molecule has 0 aromatic heterocycles. The van der Waals surface area contributed by atoms with E-state index >= 15 is 0 Å². The highest BCUT2D eigenvalue weighted by Gasteiger charge is 2.16. The Hall–Kier alpha value is -1.82. The summed E-state index contributed by atoms with van der Waals surface area (Å²) in [5.41, 5.74) is -0.178. The minimum atomic E-state index is -0.593. The number of nitro benzene ring substituents is 1. The van der Waals surface area contributed by atoms with Gasteiger partial charge in [0.05, 0.1) is 4.92 Å². The second-order valence-corrected chi connectivity index (χ2v) is 5.37. The van der Waals surface area contributed by atoms with Gasteiger partial charge in [0.1, 0.15) is 5.60 Å². The number of hydrogen-bond donors (Lipinski definition) is 1. The van der Waals surface area contributed by atoms with Gasteiger partial charge in [-0.25, -0.2) is 4.79 Å². The van der Waals surface area contributed by atoms with E-state index in [4.69, 9.17) is 16.3 Å². The van der Waals surface area contributed by atoms with Crippen LogP contribution in [-0.4, -0.2) is 16.6 Å². The first kappa shape index (κ1) is 15.2. The van der Waals surface area contributed by atoms with Gasteiger partial charge in [0.15, 0.2) is 0 Å². The van der Waals surface area contributed by atoms with E-state index in [-0.39, 0.29) is 17.3 Å². The van der Waals surface area contributed by atoms with E-state index in [0.717, 1.165) is 0 Å². The number of amides is 1. The van der Waals surface area contributed by atoms with Crippen LogP contribution in [0.3, 0.4) is 0 Å². The standard InChI is InChI=1S/C12H15ClN2O4/c1-12(2,3)19-11(16)14-7-8-4-9(13)6-10(5-8)15(17)18/h4-6H,7H2,1-3H3,(H,14,16). The molecule has 1 aromatic rings. The summed E-state index contributed by atoms with van der Waals surface area (Å²) in [4.78, 5) is 21.6. The molecular weight excluding hydrogens is 272 g/mol. The van der Waals surface area contributed by atoms with E-state index in [1.807, 2.05) is 0 Å². The molecule has 6 nitrogen and oxygen atoms in total. The van der Waals surface area contributed by atoms with E-state index in [9.17, 15) is 14.9 Å². The van der Waals surface area contributed by atoms with Crippen LogP contribution >= 0.6 is 11.6 Å². The van der Waals surface area contributed by atoms with E-state index in [2.05, 4.69) is 5.32 Å². The van der Waals surface area contributed by atoms with Crippen molar-refractivity contribution in [1.82, 2.24) is 5.32 Å². The van der Waals surface area contributed by atoms with Gasteiger partial charge in [-0.3, -0.25) is 10.1 Å². The van der Waals surface area contributed by atoms with Crippen LogP contribution in [0.5, 0.6) is 0 Å². The minimum absolute atomic E-state index is 0.107. The lowest BCUT2D eigenvalue weighted by atomic mass is 10.2. The van der Waals surface area contributed by atoms with Crippen molar-refractivity contribution < 1.29 is 14.5 Å². The molecule has 0 aliphatic carbocycles. The molecule has 0 atom stereocenters. The highest BCUT2D eigenvalue weighted by molar-refractivity contribution is 6.30. The zero-order valence-corrected chi connectivity index (χ0v) is 11.7. The SMILES string of the molecule is CC(C)(C)OC(=O)NCc1cc(Cl)cc([N+](=O)[O-])c1. The fourth-order valence-electron chi connectivity index (χ4n) is 1.33. The number of hydrogen-bond acceptors (Lipinski definition) is 4. The first-order valence-electron chi connectivity index (χ1n) is 5.58. The normalized spacial score (nSPS) is 10.9. The summed E-state index contributed by atoms with van der Waals surface area (Å²) in [6, 6.07) is 4.15. The highest BCUT2D eigenvalue weighted by atomic mass is 35.5. The van der Waals surface area contributed by atoms with Crippen molar-refractivity contribution >= 4 is 23.4 Å². The zero-order valence-electron chi connectivity index (χ0n) is 10.9. The Morgan fingerprint density at radius 1 is 1.42 bits per heavy atom. The van der Waals surface area contributed by atoms with Crippen LogP contribution in [0, 0.1) is 10.1 Å². The van der Waals surface area contributed by atoms with E-state index in [1.165, 1.54) is 12.1 Å². The molecule has 0 heterocycles. The fourth-order valence-corrected chi connectivity index (χ4v) is 1.58. The molecule has 1 rings (SSSR count). The highest BCUT2D eigenvalue weighted by Crippen LogP contribution is 2.20. The minimum Gasteiger partial charge on any atom is -0.444 e. The van der Waals surface area contributed by atoms with E-state index < -0.39 is 16.6 Å². The Labute approximate surface area is 115 Å². The number of alkyl carbamates (subject to hydrolysis) is 1. The third-order valence-electron chi connectivity index (χ3n) is 1.99. The Kier molecular flexibility index (Phi) is 4.72. The summed E-state index contributed by atoms with van der Waals surface area (Å²) < 4.78 is 5.05. The number of rotatable bonds is 3. The van der Waals surface area contributed by atoms with Gasteiger partial charge >= 0.3 is 6.09 Å². The molecule has 1 amide bonds. The first-order valence-corrected chi connectivity index (χ1v) is 5.96. The number of nitrogens with one attached hydrogen (secondary N) is 1. The summed E-state index contributed by atoms with van der Waals surface area (Å²) >= 11 is 5.77. The molecule has 0 saturated carbocycles. The Morgan fingerprint density at radius 2 is 2.05 bits per heavy atom. The number of non-ortho nitro benzene ring substituents is 1. The maximum atomic E-state index is 11.4. The molecule has 0 fully saturated rings. The molecule has 1 N–H and O–H groups in total. The molecule has 0 spiro atoms. The van der Waals surface area contributed by atoms with Crippen molar-refractivity contribution in [2.24, 2.45) is 0 Å². The van der Waals surface area contributed by atoms with Crippen molar-refractivity contribution in [3.63, 3.8) is 0 Å². The predicted octanol–water partition coefficient (Wildman–Crippen LogP) is 3.27. The van der Waals surface area contributed by atoms with E-state index in [1.54, 1.807) is 26.8 Å². The van der Waals surface area contributed by atoms with Crippen LogP contribution in [-0.2, 0) is 11.3 Å². The van der Waals surface area contributed by atoms with Gasteiger partial charge in [-0.1, -0.05) is 11.6 Å². The average Bonchev–Trinajstić information content (AvgIpc) is 2.23. The van der Waals surface area contributed by atoms with Gasteiger partial charge in [-0.05, 0) is 32.4 Å². The maximum absolute atomic E-state index is 11.4. The molecule has 104 valence electrons. The lowest BCUT2D eigenvalue weighted by molar-refractivity contribution is -0.384. The average molecular weight is 287 g/mol. The second kappa shape index (κ2) is 5.88. The van der Waals surface area contributed by atoms with Crippen LogP contribution in [0.2, 0.25) is 5.02 Å². The van der Waals surface area contributed by atoms with Crippen molar-refractivity contribution in [3.8, 4) is 0 Å². The van der Waals surface area contributed by atoms with Gasteiger partial charge < -0.3 is 10.1 Å². The monoisotopic (exact) mass is 286 g/mol. The number of nitrogens with zero attached hydrogens (tertiary/aromatic N) is 1. The number of halogens is 1. The Morgan fingerprint density at radius 3 is 2.58 bits per heavy atom. The predicted molar refractivity (Wildman–Crippen MR) is 71.2 cm³/mol. The third kappa shape index (κ3) is 5.56.